The molecule has 3 unspecified atom stereocenters. The molecule has 0 spiro atoms. The van der Waals surface area contributed by atoms with Crippen LogP contribution in [-0.4, -0.2) is 6.04 Å². The van der Waals surface area contributed by atoms with Gasteiger partial charge in [0.25, 0.3) is 0 Å². The highest BCUT2D eigenvalue weighted by atomic mass is 19.2. The van der Waals surface area contributed by atoms with Crippen LogP contribution in [-0.2, 0) is 0 Å². The zero-order chi connectivity index (χ0) is 14.0. The van der Waals surface area contributed by atoms with Crippen molar-refractivity contribution in [3.05, 3.63) is 29.3 Å². The fourth-order valence-corrected chi connectivity index (χ4v) is 2.73. The van der Waals surface area contributed by atoms with Gasteiger partial charge in [-0.1, -0.05) is 26.7 Å². The van der Waals surface area contributed by atoms with Crippen molar-refractivity contribution in [2.45, 2.75) is 39.2 Å². The average molecular weight is 264 g/mol. The second-order valence-corrected chi connectivity index (χ2v) is 5.42. The monoisotopic (exact) mass is 264 g/mol. The summed E-state index contributed by atoms with van der Waals surface area (Å²) in [4.78, 5) is 0. The Bertz CT molecular complexity index is 508. The van der Waals surface area contributed by atoms with Gasteiger partial charge >= 0.3 is 0 Å². The van der Waals surface area contributed by atoms with Crippen molar-refractivity contribution >= 4 is 5.69 Å². The number of nitrogens with one attached hydrogen (secondary N) is 1. The summed E-state index contributed by atoms with van der Waals surface area (Å²) < 4.78 is 27.4. The van der Waals surface area contributed by atoms with Gasteiger partial charge in [-0.2, -0.15) is 5.26 Å². The Labute approximate surface area is 112 Å². The molecule has 0 radical (unpaired) electrons. The lowest BCUT2D eigenvalue weighted by molar-refractivity contribution is 0.252. The Morgan fingerprint density at radius 2 is 1.95 bits per heavy atom. The second kappa shape index (κ2) is 5.56. The van der Waals surface area contributed by atoms with Gasteiger partial charge in [-0.3, -0.25) is 0 Å². The van der Waals surface area contributed by atoms with Crippen molar-refractivity contribution < 1.29 is 8.78 Å². The summed E-state index contributed by atoms with van der Waals surface area (Å²) in [5.41, 5.74) is -0.101. The second-order valence-electron chi connectivity index (χ2n) is 5.42. The molecule has 1 fully saturated rings. The predicted octanol–water partition coefficient (Wildman–Crippen LogP) is 4.07. The van der Waals surface area contributed by atoms with E-state index in [1.807, 2.05) is 0 Å². The van der Waals surface area contributed by atoms with Crippen molar-refractivity contribution in [1.82, 2.24) is 0 Å². The van der Waals surface area contributed by atoms with Gasteiger partial charge in [-0.25, -0.2) is 8.78 Å². The Morgan fingerprint density at radius 3 is 2.63 bits per heavy atom. The van der Waals surface area contributed by atoms with Crippen LogP contribution in [0.4, 0.5) is 14.5 Å². The first kappa shape index (κ1) is 13.8. The molecule has 1 aromatic rings. The van der Waals surface area contributed by atoms with E-state index in [1.54, 1.807) is 6.07 Å². The number of hydrogen-bond donors (Lipinski definition) is 1. The lowest BCUT2D eigenvalue weighted by Gasteiger charge is -2.35. The van der Waals surface area contributed by atoms with Crippen molar-refractivity contribution in [1.29, 1.82) is 5.26 Å². The largest absolute Gasteiger partial charge is 0.380 e. The Hall–Kier alpha value is -1.63. The number of nitrogens with zero attached hydrogens (tertiary/aromatic N) is 1. The summed E-state index contributed by atoms with van der Waals surface area (Å²) in [5.74, 6) is -1.02. The van der Waals surface area contributed by atoms with Gasteiger partial charge in [0.1, 0.15) is 6.07 Å². The summed E-state index contributed by atoms with van der Waals surface area (Å²) >= 11 is 0. The third kappa shape index (κ3) is 2.70. The minimum absolute atomic E-state index is 0.155. The molecule has 0 heterocycles. The van der Waals surface area contributed by atoms with Crippen LogP contribution in [0, 0.1) is 34.8 Å². The fraction of sp³-hybridized carbons (Fsp3) is 0.533. The van der Waals surface area contributed by atoms with Crippen molar-refractivity contribution in [2.24, 2.45) is 11.8 Å². The lowest BCUT2D eigenvalue weighted by Crippen LogP contribution is -2.35. The van der Waals surface area contributed by atoms with Gasteiger partial charge < -0.3 is 5.32 Å². The molecular formula is C15H18F2N2. The van der Waals surface area contributed by atoms with Crippen LogP contribution in [0.1, 0.15) is 38.7 Å². The van der Waals surface area contributed by atoms with E-state index in [-0.39, 0.29) is 17.3 Å². The molecule has 1 aliphatic carbocycles. The first-order chi connectivity index (χ1) is 9.04. The van der Waals surface area contributed by atoms with Crippen LogP contribution in [0.15, 0.2) is 12.1 Å². The van der Waals surface area contributed by atoms with Gasteiger partial charge in [0.2, 0.25) is 0 Å². The third-order valence-electron chi connectivity index (χ3n) is 4.25. The smallest absolute Gasteiger partial charge is 0.183 e. The molecule has 19 heavy (non-hydrogen) atoms. The molecule has 4 heteroatoms. The quantitative estimate of drug-likeness (QED) is 0.873. The van der Waals surface area contributed by atoms with Crippen LogP contribution in [0.5, 0.6) is 0 Å². The standard InChI is InChI=1S/C15H18F2N2/c1-9-4-3-5-12(10(9)2)19-13-7-6-11(8-18)14(16)15(13)17/h6-7,9-10,12,19H,3-5H2,1-2H3. The maximum absolute atomic E-state index is 13.8. The summed E-state index contributed by atoms with van der Waals surface area (Å²) in [6.45, 7) is 4.33. The Morgan fingerprint density at radius 1 is 1.21 bits per heavy atom. The molecular weight excluding hydrogens is 246 g/mol. The highest BCUT2D eigenvalue weighted by Gasteiger charge is 2.28. The van der Waals surface area contributed by atoms with Crippen molar-refractivity contribution in [3.8, 4) is 6.07 Å². The molecule has 3 atom stereocenters. The summed E-state index contributed by atoms with van der Waals surface area (Å²) in [6, 6.07) is 4.56. The van der Waals surface area contributed by atoms with E-state index >= 15 is 0 Å². The van der Waals surface area contributed by atoms with E-state index in [0.29, 0.717) is 11.8 Å². The van der Waals surface area contributed by atoms with Gasteiger partial charge in [0.05, 0.1) is 11.3 Å². The van der Waals surface area contributed by atoms with Crippen molar-refractivity contribution in [3.63, 3.8) is 0 Å². The van der Waals surface area contributed by atoms with E-state index < -0.39 is 11.6 Å². The van der Waals surface area contributed by atoms with Crippen LogP contribution in [0.25, 0.3) is 0 Å². The fourth-order valence-electron chi connectivity index (χ4n) is 2.73. The Balaban J connectivity index is 2.20. The maximum atomic E-state index is 13.8. The minimum Gasteiger partial charge on any atom is -0.380 e. The van der Waals surface area contributed by atoms with E-state index in [1.165, 1.54) is 18.6 Å². The van der Waals surface area contributed by atoms with Crippen LogP contribution < -0.4 is 5.32 Å². The molecule has 0 amide bonds. The van der Waals surface area contributed by atoms with Gasteiger partial charge in [0.15, 0.2) is 11.6 Å². The number of benzene rings is 1. The summed E-state index contributed by atoms with van der Waals surface area (Å²) in [5, 5.41) is 11.8. The number of hydrogen-bond acceptors (Lipinski definition) is 2. The lowest BCUT2D eigenvalue weighted by atomic mass is 9.78. The molecule has 2 nitrogen and oxygen atoms in total. The van der Waals surface area contributed by atoms with E-state index in [4.69, 9.17) is 5.26 Å². The molecule has 2 rings (SSSR count). The average Bonchev–Trinajstić information content (AvgIpc) is 2.40. The Kier molecular flexibility index (Phi) is 4.04. The normalized spacial score (nSPS) is 26.8. The van der Waals surface area contributed by atoms with E-state index in [9.17, 15) is 8.78 Å². The van der Waals surface area contributed by atoms with Crippen LogP contribution in [0.3, 0.4) is 0 Å². The third-order valence-corrected chi connectivity index (χ3v) is 4.25. The predicted molar refractivity (Wildman–Crippen MR) is 70.7 cm³/mol. The molecule has 0 saturated heterocycles. The highest BCUT2D eigenvalue weighted by molar-refractivity contribution is 5.50. The maximum Gasteiger partial charge on any atom is 0.183 e. The highest BCUT2D eigenvalue weighted by Crippen LogP contribution is 2.32. The minimum atomic E-state index is -1.07. The first-order valence-electron chi connectivity index (χ1n) is 6.69. The van der Waals surface area contributed by atoms with E-state index in [0.717, 1.165) is 12.8 Å². The first-order valence-corrected chi connectivity index (χ1v) is 6.69. The molecule has 102 valence electrons. The number of rotatable bonds is 2. The molecule has 1 N–H and O–H groups in total. The molecule has 0 aliphatic heterocycles. The van der Waals surface area contributed by atoms with Crippen LogP contribution in [0.2, 0.25) is 0 Å². The number of anilines is 1. The summed E-state index contributed by atoms with van der Waals surface area (Å²) in [7, 11) is 0. The zero-order valence-corrected chi connectivity index (χ0v) is 11.2. The van der Waals surface area contributed by atoms with Gasteiger partial charge in [-0.05, 0) is 30.4 Å². The number of nitriles is 1. The summed E-state index contributed by atoms with van der Waals surface area (Å²) in [6.07, 6.45) is 3.25. The molecule has 0 aromatic heterocycles. The van der Waals surface area contributed by atoms with Gasteiger partial charge in [0, 0.05) is 6.04 Å². The van der Waals surface area contributed by atoms with Crippen LogP contribution >= 0.6 is 0 Å². The van der Waals surface area contributed by atoms with Crippen molar-refractivity contribution in [2.75, 3.05) is 5.32 Å². The number of halogens is 2. The molecule has 1 aromatic carbocycles. The topological polar surface area (TPSA) is 35.8 Å². The van der Waals surface area contributed by atoms with E-state index in [2.05, 4.69) is 19.2 Å². The molecule has 1 aliphatic rings. The SMILES string of the molecule is CC1CCCC(Nc2ccc(C#N)c(F)c2F)C1C. The van der Waals surface area contributed by atoms with Gasteiger partial charge in [-0.15, -0.1) is 0 Å². The molecule has 0 bridgehead atoms. The molecule has 1 saturated carbocycles. The zero-order valence-electron chi connectivity index (χ0n) is 11.2.